The van der Waals surface area contributed by atoms with Gasteiger partial charge in [0.2, 0.25) is 0 Å². The molecule has 0 spiro atoms. The van der Waals surface area contributed by atoms with E-state index in [1.165, 1.54) is 49.5 Å². The molecule has 2 heterocycles. The van der Waals surface area contributed by atoms with E-state index in [0.29, 0.717) is 0 Å². The van der Waals surface area contributed by atoms with Crippen molar-refractivity contribution in [3.8, 4) is 22.8 Å². The van der Waals surface area contributed by atoms with Crippen LogP contribution < -0.4 is 9.30 Å². The van der Waals surface area contributed by atoms with Crippen LogP contribution in [0, 0.1) is 17.8 Å². The van der Waals surface area contributed by atoms with Gasteiger partial charge in [0.05, 0.1) is 12.6 Å². The molecule has 6 rings (SSSR count). The first-order valence-electron chi connectivity index (χ1n) is 13.4. The Morgan fingerprint density at radius 3 is 2.24 bits per heavy atom. The molecular formula is C34H37N2O+. The van der Waals surface area contributed by atoms with Crippen LogP contribution in [0.5, 0.6) is 11.5 Å². The average Bonchev–Trinajstić information content (AvgIpc) is 2.81. The number of fused-ring (bicyclic) bond motifs is 5. The van der Waals surface area contributed by atoms with Gasteiger partial charge in [0, 0.05) is 10.9 Å². The van der Waals surface area contributed by atoms with Crippen LogP contribution >= 0.6 is 0 Å². The summed E-state index contributed by atoms with van der Waals surface area (Å²) in [5, 5.41) is 6.06. The third-order valence-corrected chi connectivity index (χ3v) is 7.51. The van der Waals surface area contributed by atoms with Crippen LogP contribution in [0.15, 0.2) is 54.9 Å². The molecular weight excluding hydrogens is 452 g/mol. The Balaban J connectivity index is 1.72. The van der Waals surface area contributed by atoms with Crippen molar-refractivity contribution in [3.05, 3.63) is 71.5 Å². The van der Waals surface area contributed by atoms with E-state index in [-0.39, 0.29) is 10.8 Å². The summed E-state index contributed by atoms with van der Waals surface area (Å²) in [5.41, 5.74) is 7.67. The summed E-state index contributed by atoms with van der Waals surface area (Å²) < 4.78 is 9.12. The first-order valence-corrected chi connectivity index (χ1v) is 13.4. The van der Waals surface area contributed by atoms with Gasteiger partial charge >= 0.3 is 0 Å². The lowest BCUT2D eigenvalue weighted by molar-refractivity contribution is -0.662. The molecule has 4 aromatic carbocycles. The summed E-state index contributed by atoms with van der Waals surface area (Å²) >= 11 is 0. The zero-order valence-corrected chi connectivity index (χ0v) is 23.4. The van der Waals surface area contributed by atoms with E-state index in [1.54, 1.807) is 0 Å². The Morgan fingerprint density at radius 1 is 0.838 bits per heavy atom. The second-order valence-corrected chi connectivity index (χ2v) is 13.3. The van der Waals surface area contributed by atoms with Gasteiger partial charge in [-0.3, -0.25) is 0 Å². The second-order valence-electron chi connectivity index (χ2n) is 13.3. The van der Waals surface area contributed by atoms with Crippen molar-refractivity contribution in [1.29, 1.82) is 0 Å². The number of nitrogens with zero attached hydrogens (tertiary/aromatic N) is 2. The van der Waals surface area contributed by atoms with Crippen LogP contribution in [0.2, 0.25) is 0 Å². The summed E-state index contributed by atoms with van der Waals surface area (Å²) in [7, 11) is 2.11. The highest BCUT2D eigenvalue weighted by Gasteiger charge is 2.34. The third kappa shape index (κ3) is 3.96. The quantitative estimate of drug-likeness (QED) is 0.180. The van der Waals surface area contributed by atoms with Crippen molar-refractivity contribution in [1.82, 2.24) is 4.98 Å². The first kappa shape index (κ1) is 23.9. The van der Waals surface area contributed by atoms with Gasteiger partial charge in [-0.05, 0) is 75.0 Å². The Bertz CT molecular complexity index is 1730. The molecule has 1 aromatic heterocycles. The zero-order valence-electron chi connectivity index (χ0n) is 23.4. The molecule has 1 aliphatic rings. The summed E-state index contributed by atoms with van der Waals surface area (Å²) in [6.07, 6.45) is 3.94. The number of rotatable bonds is 2. The number of ether oxygens (including phenoxy) is 1. The minimum Gasteiger partial charge on any atom is -0.455 e. The number of benzene rings is 4. The molecule has 0 aliphatic carbocycles. The Labute approximate surface area is 220 Å². The van der Waals surface area contributed by atoms with Gasteiger partial charge in [-0.2, -0.15) is 0 Å². The lowest BCUT2D eigenvalue weighted by atomic mass is 9.81. The normalized spacial score (nSPS) is 13.3. The van der Waals surface area contributed by atoms with Crippen LogP contribution in [0.3, 0.4) is 0 Å². The molecule has 0 saturated heterocycles. The molecule has 0 bridgehead atoms. The number of aryl methyl sites for hydroxylation is 2. The van der Waals surface area contributed by atoms with Gasteiger partial charge in [0.25, 0.3) is 6.33 Å². The molecule has 0 atom stereocenters. The standard InChI is InChI=1S/C34H37N2O/c1-20-23-11-9-10-12-24(23)26(18-34(5,6)7)32-28(20)31-29-27(37-32)16-22-14-13-21(17-33(2,3)4)15-25(22)30(29)35-19-36(31)8/h9-16,19H,17-18H2,1-8H3/q+1. The molecule has 3 nitrogen and oxygen atoms in total. The predicted octanol–water partition coefficient (Wildman–Crippen LogP) is 8.62. The van der Waals surface area contributed by atoms with Crippen molar-refractivity contribution in [2.75, 3.05) is 0 Å². The van der Waals surface area contributed by atoms with Crippen LogP contribution in [-0.4, -0.2) is 4.98 Å². The predicted molar refractivity (Wildman–Crippen MR) is 154 cm³/mol. The van der Waals surface area contributed by atoms with Gasteiger partial charge in [0.15, 0.2) is 11.2 Å². The molecule has 0 saturated carbocycles. The minimum atomic E-state index is 0.123. The minimum absolute atomic E-state index is 0.123. The smallest absolute Gasteiger partial charge is 0.287 e. The van der Waals surface area contributed by atoms with Crippen LogP contribution in [0.25, 0.3) is 43.7 Å². The summed E-state index contributed by atoms with van der Waals surface area (Å²) in [4.78, 5) is 4.98. The molecule has 0 unspecified atom stereocenters. The number of hydrogen-bond donors (Lipinski definition) is 0. The summed E-state index contributed by atoms with van der Waals surface area (Å²) in [5.74, 6) is 1.91. The molecule has 0 N–H and O–H groups in total. The monoisotopic (exact) mass is 489 g/mol. The molecule has 0 fully saturated rings. The SMILES string of the molecule is Cc1c2c(c(CC(C)(C)C)c3ccccc13)Oc1cc3ccc(CC(C)(C)C)cc3c3nc[n+](C)c-2c13. The van der Waals surface area contributed by atoms with Crippen molar-refractivity contribution < 1.29 is 9.30 Å². The van der Waals surface area contributed by atoms with E-state index in [0.717, 1.165) is 35.2 Å². The fourth-order valence-corrected chi connectivity index (χ4v) is 6.11. The van der Waals surface area contributed by atoms with Gasteiger partial charge < -0.3 is 4.74 Å². The van der Waals surface area contributed by atoms with E-state index in [1.807, 2.05) is 6.33 Å². The van der Waals surface area contributed by atoms with Crippen molar-refractivity contribution >= 4 is 32.4 Å². The van der Waals surface area contributed by atoms with Crippen molar-refractivity contribution in [2.24, 2.45) is 17.9 Å². The molecule has 3 heteroatoms. The maximum absolute atomic E-state index is 6.94. The molecule has 0 amide bonds. The topological polar surface area (TPSA) is 26.0 Å². The molecule has 188 valence electrons. The zero-order chi connectivity index (χ0) is 26.3. The maximum Gasteiger partial charge on any atom is 0.287 e. The van der Waals surface area contributed by atoms with E-state index in [4.69, 9.17) is 9.72 Å². The third-order valence-electron chi connectivity index (χ3n) is 7.51. The van der Waals surface area contributed by atoms with E-state index in [2.05, 4.69) is 109 Å². The number of hydrogen-bond acceptors (Lipinski definition) is 2. The highest BCUT2D eigenvalue weighted by Crippen LogP contribution is 2.52. The largest absolute Gasteiger partial charge is 0.455 e. The fraction of sp³-hybridized carbons (Fsp3) is 0.353. The molecule has 37 heavy (non-hydrogen) atoms. The van der Waals surface area contributed by atoms with Gasteiger partial charge in [-0.25, -0.2) is 4.57 Å². The lowest BCUT2D eigenvalue weighted by Gasteiger charge is -2.28. The Kier molecular flexibility index (Phi) is 5.18. The molecule has 0 radical (unpaired) electrons. The van der Waals surface area contributed by atoms with E-state index in [9.17, 15) is 0 Å². The highest BCUT2D eigenvalue weighted by molar-refractivity contribution is 6.14. The second kappa shape index (κ2) is 8.02. The van der Waals surface area contributed by atoms with Crippen LogP contribution in [0.1, 0.15) is 58.2 Å². The Hall–Kier alpha value is -3.46. The van der Waals surface area contributed by atoms with E-state index >= 15 is 0 Å². The van der Waals surface area contributed by atoms with Crippen molar-refractivity contribution in [3.63, 3.8) is 0 Å². The molecule has 1 aliphatic heterocycles. The maximum atomic E-state index is 6.94. The first-order chi connectivity index (χ1) is 17.4. The van der Waals surface area contributed by atoms with Gasteiger partial charge in [-0.15, -0.1) is 0 Å². The lowest BCUT2D eigenvalue weighted by Crippen LogP contribution is -2.33. The van der Waals surface area contributed by atoms with Crippen LogP contribution in [0.4, 0.5) is 0 Å². The summed E-state index contributed by atoms with van der Waals surface area (Å²) in [6, 6.07) is 17.8. The molecule has 5 aromatic rings. The van der Waals surface area contributed by atoms with Crippen molar-refractivity contribution in [2.45, 2.75) is 61.3 Å². The Morgan fingerprint density at radius 2 is 1.54 bits per heavy atom. The summed E-state index contributed by atoms with van der Waals surface area (Å²) in [6.45, 7) is 16.0. The van der Waals surface area contributed by atoms with E-state index < -0.39 is 0 Å². The number of aromatic nitrogens is 2. The van der Waals surface area contributed by atoms with Gasteiger partial charge in [-0.1, -0.05) is 77.9 Å². The van der Waals surface area contributed by atoms with Crippen LogP contribution in [-0.2, 0) is 19.9 Å². The fourth-order valence-electron chi connectivity index (χ4n) is 6.11. The van der Waals surface area contributed by atoms with Gasteiger partial charge in [0.1, 0.15) is 16.9 Å². The average molecular weight is 490 g/mol. The highest BCUT2D eigenvalue weighted by atomic mass is 16.5.